The Balaban J connectivity index is 1.15. The van der Waals surface area contributed by atoms with Crippen LogP contribution in [-0.4, -0.2) is 82.1 Å². The summed E-state index contributed by atoms with van der Waals surface area (Å²) in [5.41, 5.74) is 3.21. The maximum atomic E-state index is 15.3. The number of aromatic nitrogens is 4. The normalized spacial score (nSPS) is 17.7. The van der Waals surface area contributed by atoms with Gasteiger partial charge in [0.1, 0.15) is 5.67 Å². The molecule has 0 spiro atoms. The van der Waals surface area contributed by atoms with E-state index in [1.165, 1.54) is 0 Å². The molecule has 10 heteroatoms. The lowest BCUT2D eigenvalue weighted by molar-refractivity contribution is -0.0114. The van der Waals surface area contributed by atoms with Crippen molar-refractivity contribution in [3.8, 4) is 23.0 Å². The number of hydrogen-bond donors (Lipinski definition) is 0. The summed E-state index contributed by atoms with van der Waals surface area (Å²) in [4.78, 5) is 21.7. The summed E-state index contributed by atoms with van der Waals surface area (Å²) in [5, 5.41) is 8.83. The standard InChI is InChI=1S/C30H33FN6O3/c1-21-18-26(28-32-27(34-40-28)23-6-8-25(9-7-23)30(31)10-16-39-17-11-30)33-37(21)20-22-4-3-5-24(19-22)29(38)36-14-12-35(2)13-15-36/h3-9,18-19H,10-17,20H2,1-2H3. The molecule has 0 radical (unpaired) electrons. The van der Waals surface area contributed by atoms with Crippen LogP contribution in [0.25, 0.3) is 23.0 Å². The monoisotopic (exact) mass is 544 g/mol. The molecule has 208 valence electrons. The molecule has 0 bridgehead atoms. The first-order valence-corrected chi connectivity index (χ1v) is 13.7. The van der Waals surface area contributed by atoms with Crippen LogP contribution in [-0.2, 0) is 17.0 Å². The summed E-state index contributed by atoms with van der Waals surface area (Å²) < 4.78 is 28.0. The lowest BCUT2D eigenvalue weighted by atomic mass is 9.88. The number of piperazine rings is 1. The number of halogens is 1. The number of carbonyl (C=O) groups excluding carboxylic acids is 1. The van der Waals surface area contributed by atoms with Crippen LogP contribution >= 0.6 is 0 Å². The van der Waals surface area contributed by atoms with Crippen LogP contribution in [0.3, 0.4) is 0 Å². The molecule has 2 fully saturated rings. The Kier molecular flexibility index (Phi) is 7.20. The van der Waals surface area contributed by atoms with E-state index in [4.69, 9.17) is 14.4 Å². The summed E-state index contributed by atoms with van der Waals surface area (Å²) >= 11 is 0. The van der Waals surface area contributed by atoms with Gasteiger partial charge in [0, 0.05) is 69.1 Å². The first kappa shape index (κ1) is 26.3. The Morgan fingerprint density at radius 1 is 1.02 bits per heavy atom. The minimum atomic E-state index is -1.36. The molecule has 0 atom stereocenters. The highest BCUT2D eigenvalue weighted by atomic mass is 19.1. The van der Waals surface area contributed by atoms with E-state index in [-0.39, 0.29) is 5.91 Å². The molecule has 2 saturated heterocycles. The number of alkyl halides is 1. The van der Waals surface area contributed by atoms with E-state index in [9.17, 15) is 4.79 Å². The van der Waals surface area contributed by atoms with Crippen LogP contribution in [0.2, 0.25) is 0 Å². The van der Waals surface area contributed by atoms with Crippen molar-refractivity contribution in [1.82, 2.24) is 29.7 Å². The summed E-state index contributed by atoms with van der Waals surface area (Å²) in [6.07, 6.45) is 0.717. The Bertz CT molecular complexity index is 1480. The maximum Gasteiger partial charge on any atom is 0.278 e. The molecule has 2 aliphatic rings. The van der Waals surface area contributed by atoms with E-state index in [0.29, 0.717) is 61.1 Å². The number of aryl methyl sites for hydroxylation is 1. The average Bonchev–Trinajstić information content (AvgIpc) is 3.61. The molecular formula is C30H33FN6O3. The zero-order valence-electron chi connectivity index (χ0n) is 22.8. The molecule has 1 amide bonds. The molecule has 0 unspecified atom stereocenters. The number of carbonyl (C=O) groups is 1. The summed E-state index contributed by atoms with van der Waals surface area (Å²) in [6, 6.07) is 16.8. The Labute approximate surface area is 232 Å². The van der Waals surface area contributed by atoms with Crippen molar-refractivity contribution in [2.75, 3.05) is 46.4 Å². The molecule has 0 N–H and O–H groups in total. The van der Waals surface area contributed by atoms with Crippen LogP contribution in [0.5, 0.6) is 0 Å². The molecular weight excluding hydrogens is 511 g/mol. The predicted octanol–water partition coefficient (Wildman–Crippen LogP) is 4.32. The van der Waals surface area contributed by atoms with E-state index in [1.807, 2.05) is 59.0 Å². The fourth-order valence-corrected chi connectivity index (χ4v) is 5.29. The van der Waals surface area contributed by atoms with E-state index >= 15 is 4.39 Å². The Morgan fingerprint density at radius 2 is 1.77 bits per heavy atom. The predicted molar refractivity (Wildman–Crippen MR) is 147 cm³/mol. The number of likely N-dealkylation sites (N-methyl/N-ethyl adjacent to an activating group) is 1. The minimum absolute atomic E-state index is 0.0636. The van der Waals surface area contributed by atoms with Gasteiger partial charge in [-0.15, -0.1) is 0 Å². The van der Waals surface area contributed by atoms with Gasteiger partial charge in [-0.3, -0.25) is 9.48 Å². The van der Waals surface area contributed by atoms with E-state index in [2.05, 4.69) is 22.1 Å². The topological polar surface area (TPSA) is 89.5 Å². The third-order valence-corrected chi connectivity index (χ3v) is 7.87. The smallest absolute Gasteiger partial charge is 0.278 e. The second-order valence-electron chi connectivity index (χ2n) is 10.7. The van der Waals surface area contributed by atoms with Gasteiger partial charge < -0.3 is 19.1 Å². The molecule has 40 heavy (non-hydrogen) atoms. The van der Waals surface area contributed by atoms with Crippen molar-refractivity contribution < 1.29 is 18.4 Å². The molecule has 0 saturated carbocycles. The fraction of sp³-hybridized carbons (Fsp3) is 0.400. The number of hydrogen-bond acceptors (Lipinski definition) is 7. The molecule has 9 nitrogen and oxygen atoms in total. The van der Waals surface area contributed by atoms with Gasteiger partial charge >= 0.3 is 0 Å². The minimum Gasteiger partial charge on any atom is -0.381 e. The number of rotatable bonds is 6. The summed E-state index contributed by atoms with van der Waals surface area (Å²) in [5.74, 6) is 0.795. The molecule has 4 heterocycles. The lowest BCUT2D eigenvalue weighted by Gasteiger charge is -2.32. The third-order valence-electron chi connectivity index (χ3n) is 7.87. The quantitative estimate of drug-likeness (QED) is 0.357. The molecule has 4 aromatic rings. The van der Waals surface area contributed by atoms with Gasteiger partial charge in [0.15, 0.2) is 5.69 Å². The van der Waals surface area contributed by atoms with Gasteiger partial charge in [-0.2, -0.15) is 10.1 Å². The summed E-state index contributed by atoms with van der Waals surface area (Å²) in [6.45, 7) is 6.59. The first-order chi connectivity index (χ1) is 19.4. The SMILES string of the molecule is Cc1cc(-c2nc(-c3ccc(C4(F)CCOCC4)cc3)no2)nn1Cc1cccc(C(=O)N2CCN(C)CC2)c1. The number of ether oxygens (including phenoxy) is 1. The van der Waals surface area contributed by atoms with Crippen molar-refractivity contribution in [3.05, 3.63) is 77.0 Å². The van der Waals surface area contributed by atoms with Gasteiger partial charge in [0.2, 0.25) is 5.82 Å². The van der Waals surface area contributed by atoms with Gasteiger partial charge in [-0.05, 0) is 43.3 Å². The van der Waals surface area contributed by atoms with Crippen LogP contribution in [0.15, 0.2) is 59.1 Å². The zero-order valence-corrected chi connectivity index (χ0v) is 22.8. The highest BCUT2D eigenvalue weighted by Gasteiger charge is 2.34. The highest BCUT2D eigenvalue weighted by Crippen LogP contribution is 2.37. The van der Waals surface area contributed by atoms with Crippen molar-refractivity contribution in [3.63, 3.8) is 0 Å². The molecule has 0 aliphatic carbocycles. The molecule has 2 aliphatic heterocycles. The Morgan fingerprint density at radius 3 is 2.52 bits per heavy atom. The van der Waals surface area contributed by atoms with Crippen LogP contribution < -0.4 is 0 Å². The van der Waals surface area contributed by atoms with E-state index in [1.54, 1.807) is 12.1 Å². The Hall–Kier alpha value is -3.89. The van der Waals surface area contributed by atoms with Gasteiger partial charge in [-0.1, -0.05) is 41.6 Å². The van der Waals surface area contributed by atoms with Gasteiger partial charge in [0.05, 0.1) is 6.54 Å². The third kappa shape index (κ3) is 5.41. The number of amides is 1. The fourth-order valence-electron chi connectivity index (χ4n) is 5.29. The second-order valence-corrected chi connectivity index (χ2v) is 10.7. The van der Waals surface area contributed by atoms with Crippen molar-refractivity contribution >= 4 is 5.91 Å². The van der Waals surface area contributed by atoms with E-state index < -0.39 is 5.67 Å². The van der Waals surface area contributed by atoms with Crippen LogP contribution in [0.1, 0.15) is 40.0 Å². The summed E-state index contributed by atoms with van der Waals surface area (Å²) in [7, 11) is 2.07. The van der Waals surface area contributed by atoms with Gasteiger partial charge in [-0.25, -0.2) is 4.39 Å². The van der Waals surface area contributed by atoms with Crippen LogP contribution in [0.4, 0.5) is 4.39 Å². The maximum absolute atomic E-state index is 15.3. The van der Waals surface area contributed by atoms with Crippen molar-refractivity contribution in [1.29, 1.82) is 0 Å². The van der Waals surface area contributed by atoms with Crippen molar-refractivity contribution in [2.45, 2.75) is 32.0 Å². The number of nitrogens with zero attached hydrogens (tertiary/aromatic N) is 6. The second kappa shape index (κ2) is 10.9. The molecule has 2 aromatic carbocycles. The highest BCUT2D eigenvalue weighted by molar-refractivity contribution is 5.94. The number of benzene rings is 2. The van der Waals surface area contributed by atoms with E-state index in [0.717, 1.165) is 43.0 Å². The average molecular weight is 545 g/mol. The molecule has 2 aromatic heterocycles. The van der Waals surface area contributed by atoms with Gasteiger partial charge in [0.25, 0.3) is 11.8 Å². The lowest BCUT2D eigenvalue weighted by Crippen LogP contribution is -2.47. The molecule has 6 rings (SSSR count). The zero-order chi connectivity index (χ0) is 27.7. The van der Waals surface area contributed by atoms with Crippen LogP contribution in [0, 0.1) is 6.92 Å². The largest absolute Gasteiger partial charge is 0.381 e. The first-order valence-electron chi connectivity index (χ1n) is 13.7. The van der Waals surface area contributed by atoms with Crippen molar-refractivity contribution in [2.24, 2.45) is 0 Å².